The van der Waals surface area contributed by atoms with Gasteiger partial charge in [0.15, 0.2) is 0 Å². The van der Waals surface area contributed by atoms with Crippen LogP contribution in [-0.4, -0.2) is 26.3 Å². The van der Waals surface area contributed by atoms with Gasteiger partial charge < -0.3 is 9.31 Å². The number of para-hydroxylation sites is 1. The Hall–Kier alpha value is -1.91. The SMILES string of the molecule is COB(OC)c1cccc2nc3ccccc3cc12. The predicted molar refractivity (Wildman–Crippen MR) is 78.7 cm³/mol. The van der Waals surface area contributed by atoms with Gasteiger partial charge in [0.1, 0.15) is 0 Å². The van der Waals surface area contributed by atoms with Gasteiger partial charge in [0.2, 0.25) is 0 Å². The van der Waals surface area contributed by atoms with E-state index in [4.69, 9.17) is 9.31 Å². The molecule has 0 bridgehead atoms. The maximum absolute atomic E-state index is 5.36. The van der Waals surface area contributed by atoms with Crippen LogP contribution < -0.4 is 5.46 Å². The number of pyridine rings is 1. The van der Waals surface area contributed by atoms with Gasteiger partial charge in [0, 0.05) is 25.0 Å². The molecular weight excluding hydrogens is 237 g/mol. The van der Waals surface area contributed by atoms with Gasteiger partial charge in [-0.3, -0.25) is 0 Å². The fraction of sp³-hybridized carbons (Fsp3) is 0.133. The van der Waals surface area contributed by atoms with Gasteiger partial charge in [-0.2, -0.15) is 0 Å². The number of hydrogen-bond donors (Lipinski definition) is 0. The lowest BCUT2D eigenvalue weighted by molar-refractivity contribution is 0.292. The number of aromatic nitrogens is 1. The lowest BCUT2D eigenvalue weighted by Crippen LogP contribution is -2.35. The van der Waals surface area contributed by atoms with Crippen LogP contribution in [0.5, 0.6) is 0 Å². The van der Waals surface area contributed by atoms with Crippen LogP contribution in [0, 0.1) is 0 Å². The van der Waals surface area contributed by atoms with Crippen molar-refractivity contribution in [3.8, 4) is 0 Å². The van der Waals surface area contributed by atoms with Crippen LogP contribution in [0.4, 0.5) is 0 Å². The van der Waals surface area contributed by atoms with E-state index in [0.717, 1.165) is 27.3 Å². The molecule has 0 spiro atoms. The third-order valence-corrected chi connectivity index (χ3v) is 3.28. The van der Waals surface area contributed by atoms with Gasteiger partial charge >= 0.3 is 7.12 Å². The van der Waals surface area contributed by atoms with Gasteiger partial charge in [-0.15, -0.1) is 0 Å². The molecule has 0 aliphatic carbocycles. The normalized spacial score (nSPS) is 11.1. The van der Waals surface area contributed by atoms with Crippen LogP contribution in [0.15, 0.2) is 48.5 Å². The van der Waals surface area contributed by atoms with Crippen LogP contribution in [0.25, 0.3) is 21.8 Å². The highest BCUT2D eigenvalue weighted by molar-refractivity contribution is 6.64. The standard InChI is InChI=1S/C15H14BNO2/c1-18-16(19-2)13-7-5-9-15-12(13)10-11-6-3-4-8-14(11)17-15/h3-10H,1-2H3. The summed E-state index contributed by atoms with van der Waals surface area (Å²) >= 11 is 0. The topological polar surface area (TPSA) is 31.4 Å². The van der Waals surface area contributed by atoms with Crippen molar-refractivity contribution in [3.05, 3.63) is 48.5 Å². The highest BCUT2D eigenvalue weighted by Gasteiger charge is 2.20. The fourth-order valence-electron chi connectivity index (χ4n) is 2.38. The fourth-order valence-corrected chi connectivity index (χ4v) is 2.38. The summed E-state index contributed by atoms with van der Waals surface area (Å²) in [6, 6.07) is 16.2. The second-order valence-corrected chi connectivity index (χ2v) is 4.40. The molecule has 0 saturated carbocycles. The maximum Gasteiger partial charge on any atom is 0.494 e. The van der Waals surface area contributed by atoms with Crippen molar-refractivity contribution in [2.24, 2.45) is 0 Å². The first-order valence-electron chi connectivity index (χ1n) is 6.17. The van der Waals surface area contributed by atoms with Gasteiger partial charge in [-0.25, -0.2) is 4.98 Å². The molecule has 0 fully saturated rings. The molecule has 0 unspecified atom stereocenters. The number of rotatable bonds is 3. The quantitative estimate of drug-likeness (QED) is 0.529. The van der Waals surface area contributed by atoms with Crippen molar-refractivity contribution in [1.29, 1.82) is 0 Å². The Balaban J connectivity index is 2.31. The molecule has 4 heteroatoms. The van der Waals surface area contributed by atoms with Crippen LogP contribution in [0.1, 0.15) is 0 Å². The molecule has 3 rings (SSSR count). The number of hydrogen-bond acceptors (Lipinski definition) is 3. The zero-order chi connectivity index (χ0) is 13.2. The van der Waals surface area contributed by atoms with Gasteiger partial charge in [-0.1, -0.05) is 30.3 Å². The van der Waals surface area contributed by atoms with Crippen molar-refractivity contribution < 1.29 is 9.31 Å². The minimum absolute atomic E-state index is 0.369. The summed E-state index contributed by atoms with van der Waals surface area (Å²) in [7, 11) is 2.91. The molecule has 0 atom stereocenters. The maximum atomic E-state index is 5.36. The molecule has 94 valence electrons. The van der Waals surface area contributed by atoms with E-state index in [2.05, 4.69) is 17.1 Å². The van der Waals surface area contributed by atoms with E-state index in [0.29, 0.717) is 0 Å². The Morgan fingerprint density at radius 3 is 2.42 bits per heavy atom. The molecular formula is C15H14BNO2. The Morgan fingerprint density at radius 1 is 0.895 bits per heavy atom. The van der Waals surface area contributed by atoms with Gasteiger partial charge in [0.25, 0.3) is 0 Å². The second-order valence-electron chi connectivity index (χ2n) is 4.40. The first kappa shape index (κ1) is 12.1. The Kier molecular flexibility index (Phi) is 3.19. The monoisotopic (exact) mass is 251 g/mol. The van der Waals surface area contributed by atoms with Crippen molar-refractivity contribution in [2.45, 2.75) is 0 Å². The van der Waals surface area contributed by atoms with E-state index in [1.165, 1.54) is 0 Å². The second kappa shape index (κ2) is 5.00. The third-order valence-electron chi connectivity index (χ3n) is 3.28. The summed E-state index contributed by atoms with van der Waals surface area (Å²) in [6.07, 6.45) is 0. The van der Waals surface area contributed by atoms with E-state index in [1.807, 2.05) is 36.4 Å². The molecule has 0 aliphatic heterocycles. The summed E-state index contributed by atoms with van der Waals surface area (Å²) in [4.78, 5) is 4.68. The molecule has 2 aromatic carbocycles. The summed E-state index contributed by atoms with van der Waals surface area (Å²) in [5, 5.41) is 2.18. The summed E-state index contributed by atoms with van der Waals surface area (Å²) in [5.41, 5.74) is 2.95. The minimum atomic E-state index is -0.369. The average Bonchev–Trinajstić information content (AvgIpc) is 2.46. The van der Waals surface area contributed by atoms with Crippen molar-refractivity contribution >= 4 is 34.4 Å². The number of benzene rings is 2. The summed E-state index contributed by atoms with van der Waals surface area (Å²) < 4.78 is 10.7. The Labute approximate surface area is 112 Å². The molecule has 19 heavy (non-hydrogen) atoms. The molecule has 0 amide bonds. The molecule has 1 aromatic heterocycles. The van der Waals surface area contributed by atoms with Crippen molar-refractivity contribution in [1.82, 2.24) is 4.98 Å². The molecule has 0 radical (unpaired) electrons. The third kappa shape index (κ3) is 2.09. The summed E-state index contributed by atoms with van der Waals surface area (Å²) in [5.74, 6) is 0. The number of fused-ring (bicyclic) bond motifs is 2. The van der Waals surface area contributed by atoms with E-state index < -0.39 is 0 Å². The van der Waals surface area contributed by atoms with E-state index >= 15 is 0 Å². The molecule has 3 aromatic rings. The van der Waals surface area contributed by atoms with Crippen LogP contribution in [-0.2, 0) is 9.31 Å². The molecule has 0 N–H and O–H groups in total. The Morgan fingerprint density at radius 2 is 1.63 bits per heavy atom. The largest absolute Gasteiger partial charge is 0.494 e. The zero-order valence-electron chi connectivity index (χ0n) is 11.0. The highest BCUT2D eigenvalue weighted by atomic mass is 16.6. The van der Waals surface area contributed by atoms with E-state index in [9.17, 15) is 0 Å². The lowest BCUT2D eigenvalue weighted by atomic mass is 9.76. The summed E-state index contributed by atoms with van der Waals surface area (Å²) in [6.45, 7) is 0. The highest BCUT2D eigenvalue weighted by Crippen LogP contribution is 2.18. The molecule has 1 heterocycles. The van der Waals surface area contributed by atoms with E-state index in [-0.39, 0.29) is 7.12 Å². The number of nitrogens with zero attached hydrogens (tertiary/aromatic N) is 1. The predicted octanol–water partition coefficient (Wildman–Crippen LogP) is 2.38. The van der Waals surface area contributed by atoms with Crippen LogP contribution in [0.2, 0.25) is 0 Å². The first-order chi connectivity index (χ1) is 9.33. The lowest BCUT2D eigenvalue weighted by Gasteiger charge is -2.12. The zero-order valence-corrected chi connectivity index (χ0v) is 11.0. The van der Waals surface area contributed by atoms with Crippen molar-refractivity contribution in [3.63, 3.8) is 0 Å². The van der Waals surface area contributed by atoms with Crippen molar-refractivity contribution in [2.75, 3.05) is 14.2 Å². The molecule has 0 aliphatic rings. The smallest absolute Gasteiger partial charge is 0.410 e. The van der Waals surface area contributed by atoms with E-state index in [1.54, 1.807) is 14.2 Å². The van der Waals surface area contributed by atoms with Crippen LogP contribution in [0.3, 0.4) is 0 Å². The first-order valence-corrected chi connectivity index (χ1v) is 6.17. The van der Waals surface area contributed by atoms with Crippen LogP contribution >= 0.6 is 0 Å². The average molecular weight is 251 g/mol. The van der Waals surface area contributed by atoms with Gasteiger partial charge in [0.05, 0.1) is 11.0 Å². The minimum Gasteiger partial charge on any atom is -0.410 e. The van der Waals surface area contributed by atoms with Gasteiger partial charge in [-0.05, 0) is 23.7 Å². The Bertz CT molecular complexity index is 725. The molecule has 3 nitrogen and oxygen atoms in total. The molecule has 0 saturated heterocycles.